The Hall–Kier alpha value is -2.23. The van der Waals surface area contributed by atoms with Gasteiger partial charge in [-0.1, -0.05) is 0 Å². The van der Waals surface area contributed by atoms with Crippen LogP contribution in [0.2, 0.25) is 0 Å². The van der Waals surface area contributed by atoms with Crippen LogP contribution in [0.4, 0.5) is 4.39 Å². The van der Waals surface area contributed by atoms with Gasteiger partial charge in [0.25, 0.3) is 0 Å². The third-order valence-electron chi connectivity index (χ3n) is 5.06. The summed E-state index contributed by atoms with van der Waals surface area (Å²) in [5.41, 5.74) is -4.36. The number of hydrogen-bond acceptors (Lipinski definition) is 9. The second-order valence-corrected chi connectivity index (χ2v) is 7.40. The average Bonchev–Trinajstić information content (AvgIpc) is 2.48. The molecule has 0 aliphatic heterocycles. The van der Waals surface area contributed by atoms with E-state index >= 15 is 4.39 Å². The number of carbonyl (C=O) groups is 4. The zero-order valence-corrected chi connectivity index (χ0v) is 16.2. The summed E-state index contributed by atoms with van der Waals surface area (Å²) in [4.78, 5) is 45.6. The van der Waals surface area contributed by atoms with E-state index in [0.717, 1.165) is 27.7 Å². The molecule has 0 saturated heterocycles. The van der Waals surface area contributed by atoms with Gasteiger partial charge in [0.15, 0.2) is 0 Å². The number of halogens is 1. The van der Waals surface area contributed by atoms with E-state index in [-0.39, 0.29) is 12.8 Å². The molecular weight excluding hydrogens is 379 g/mol. The first kappa shape index (κ1) is 22.1. The molecule has 6 atom stereocenters. The van der Waals surface area contributed by atoms with Gasteiger partial charge in [0, 0.05) is 53.4 Å². The lowest BCUT2D eigenvalue weighted by Gasteiger charge is -2.54. The van der Waals surface area contributed by atoms with Crippen molar-refractivity contribution < 1.29 is 47.6 Å². The molecule has 2 unspecified atom stereocenters. The van der Waals surface area contributed by atoms with Gasteiger partial charge in [0.2, 0.25) is 0 Å². The molecule has 0 aromatic carbocycles. The fourth-order valence-electron chi connectivity index (χ4n) is 4.06. The first-order valence-electron chi connectivity index (χ1n) is 8.95. The Morgan fingerprint density at radius 1 is 0.679 bits per heavy atom. The van der Waals surface area contributed by atoms with Crippen LogP contribution in [-0.4, -0.2) is 64.7 Å². The number of aliphatic hydroxyl groups is 1. The number of fused-ring (bicyclic) bond motifs is 1. The Balaban J connectivity index is 2.35. The van der Waals surface area contributed by atoms with Crippen LogP contribution >= 0.6 is 0 Å². The monoisotopic (exact) mass is 404 g/mol. The topological polar surface area (TPSA) is 125 Å². The molecule has 0 heterocycles. The summed E-state index contributed by atoms with van der Waals surface area (Å²) < 4.78 is 36.4. The first-order chi connectivity index (χ1) is 12.8. The van der Waals surface area contributed by atoms with E-state index < -0.39 is 72.4 Å². The zero-order valence-electron chi connectivity index (χ0n) is 16.2. The highest BCUT2D eigenvalue weighted by Gasteiger charge is 2.65. The summed E-state index contributed by atoms with van der Waals surface area (Å²) >= 11 is 0. The average molecular weight is 404 g/mol. The van der Waals surface area contributed by atoms with Crippen molar-refractivity contribution in [3.63, 3.8) is 0 Å². The largest absolute Gasteiger partial charge is 0.458 e. The number of rotatable bonds is 4. The number of alkyl halides is 1. The Morgan fingerprint density at radius 3 is 1.18 bits per heavy atom. The van der Waals surface area contributed by atoms with Crippen molar-refractivity contribution in [1.82, 2.24) is 0 Å². The maximum absolute atomic E-state index is 15.9. The van der Waals surface area contributed by atoms with Gasteiger partial charge in [-0.15, -0.1) is 0 Å². The van der Waals surface area contributed by atoms with Crippen molar-refractivity contribution in [2.24, 2.45) is 0 Å². The molecule has 10 heteroatoms. The van der Waals surface area contributed by atoms with Gasteiger partial charge in [-0.25, -0.2) is 4.39 Å². The molecule has 2 rings (SSSR count). The number of ether oxygens (including phenoxy) is 4. The Morgan fingerprint density at radius 2 is 0.929 bits per heavy atom. The van der Waals surface area contributed by atoms with Crippen LogP contribution in [0.3, 0.4) is 0 Å². The molecule has 0 aromatic rings. The van der Waals surface area contributed by atoms with Crippen LogP contribution < -0.4 is 0 Å². The number of esters is 4. The fraction of sp³-hybridized carbons (Fsp3) is 0.778. The van der Waals surface area contributed by atoms with Crippen molar-refractivity contribution >= 4 is 23.9 Å². The second kappa shape index (κ2) is 8.02. The quantitative estimate of drug-likeness (QED) is 0.533. The molecular formula is C18H25FO9. The molecule has 158 valence electrons. The van der Waals surface area contributed by atoms with Crippen molar-refractivity contribution in [1.29, 1.82) is 0 Å². The predicted octanol–water partition coefficient (Wildman–Crippen LogP) is 0.740. The Labute approximate surface area is 161 Å². The molecule has 0 bridgehead atoms. The van der Waals surface area contributed by atoms with Gasteiger partial charge in [-0.2, -0.15) is 0 Å². The molecule has 0 amide bonds. The SMILES string of the molecule is CC(=O)O[C@H]1CC2(O)C[C@@H](OC(C)=O)[C@H](OC(C)=O)CC2(F)C[C@@H]1OC(C)=O. The summed E-state index contributed by atoms with van der Waals surface area (Å²) in [6, 6.07) is 0. The summed E-state index contributed by atoms with van der Waals surface area (Å²) in [5, 5.41) is 11.1. The molecule has 28 heavy (non-hydrogen) atoms. The van der Waals surface area contributed by atoms with Crippen LogP contribution in [0.25, 0.3) is 0 Å². The van der Waals surface area contributed by atoms with Gasteiger partial charge >= 0.3 is 23.9 Å². The molecule has 2 aliphatic carbocycles. The summed E-state index contributed by atoms with van der Waals surface area (Å²) in [5.74, 6) is -2.74. The zero-order chi connectivity index (χ0) is 21.3. The van der Waals surface area contributed by atoms with Crippen LogP contribution in [0, 0.1) is 0 Å². The van der Waals surface area contributed by atoms with Crippen molar-refractivity contribution in [2.75, 3.05) is 0 Å². The van der Waals surface area contributed by atoms with E-state index in [9.17, 15) is 24.3 Å². The predicted molar refractivity (Wildman–Crippen MR) is 89.5 cm³/mol. The fourth-order valence-corrected chi connectivity index (χ4v) is 4.06. The van der Waals surface area contributed by atoms with E-state index in [1.807, 2.05) is 0 Å². The van der Waals surface area contributed by atoms with Crippen molar-refractivity contribution in [3.8, 4) is 0 Å². The lowest BCUT2D eigenvalue weighted by molar-refractivity contribution is -0.253. The minimum atomic E-state index is -2.32. The maximum Gasteiger partial charge on any atom is 0.303 e. The Kier molecular flexibility index (Phi) is 6.32. The van der Waals surface area contributed by atoms with Crippen LogP contribution in [0.1, 0.15) is 53.4 Å². The first-order valence-corrected chi connectivity index (χ1v) is 8.95. The highest BCUT2D eigenvalue weighted by Crippen LogP contribution is 2.52. The van der Waals surface area contributed by atoms with E-state index in [2.05, 4.69) is 0 Å². The molecule has 9 nitrogen and oxygen atoms in total. The third-order valence-corrected chi connectivity index (χ3v) is 5.06. The number of carbonyl (C=O) groups excluding carboxylic acids is 4. The van der Waals surface area contributed by atoms with E-state index in [1.54, 1.807) is 0 Å². The summed E-state index contributed by atoms with van der Waals surface area (Å²) in [6.45, 7) is 4.56. The van der Waals surface area contributed by atoms with E-state index in [0.29, 0.717) is 0 Å². The van der Waals surface area contributed by atoms with Crippen molar-refractivity contribution in [2.45, 2.75) is 89.1 Å². The molecule has 0 spiro atoms. The smallest absolute Gasteiger partial charge is 0.303 e. The highest BCUT2D eigenvalue weighted by atomic mass is 19.1. The second-order valence-electron chi connectivity index (χ2n) is 7.40. The van der Waals surface area contributed by atoms with E-state index in [1.165, 1.54) is 0 Å². The lowest BCUT2D eigenvalue weighted by atomic mass is 9.62. The van der Waals surface area contributed by atoms with Crippen LogP contribution in [0.5, 0.6) is 0 Å². The minimum Gasteiger partial charge on any atom is -0.458 e. The van der Waals surface area contributed by atoms with Gasteiger partial charge in [-0.05, 0) is 0 Å². The highest BCUT2D eigenvalue weighted by molar-refractivity contribution is 5.68. The molecule has 2 aliphatic rings. The molecule has 0 aromatic heterocycles. The standard InChI is InChI=1S/C18H25FO9/c1-9(20)25-13-5-17(19)6-14(26-10(2)21)16(28-12(4)23)8-18(17,24)7-15(13)27-11(3)22/h13-16,24H,5-8H2,1-4H3/t13-,14+,15-,16+,17?,18?. The molecule has 2 saturated carbocycles. The minimum absolute atomic E-state index is 0.369. The van der Waals surface area contributed by atoms with Gasteiger partial charge < -0.3 is 24.1 Å². The van der Waals surface area contributed by atoms with Crippen LogP contribution in [-0.2, 0) is 38.1 Å². The van der Waals surface area contributed by atoms with Crippen molar-refractivity contribution in [3.05, 3.63) is 0 Å². The van der Waals surface area contributed by atoms with Gasteiger partial charge in [-0.3, -0.25) is 19.2 Å². The van der Waals surface area contributed by atoms with Gasteiger partial charge in [0.05, 0.1) is 0 Å². The van der Waals surface area contributed by atoms with E-state index in [4.69, 9.17) is 18.9 Å². The maximum atomic E-state index is 15.9. The molecule has 1 N–H and O–H groups in total. The lowest BCUT2D eigenvalue weighted by Crippen LogP contribution is -2.68. The Bertz CT molecular complexity index is 557. The summed E-state index contributed by atoms with van der Waals surface area (Å²) in [7, 11) is 0. The molecule has 2 fully saturated rings. The number of hydrogen-bond donors (Lipinski definition) is 1. The normalized spacial score (nSPS) is 37.2. The van der Waals surface area contributed by atoms with Gasteiger partial charge in [0.1, 0.15) is 35.7 Å². The third kappa shape index (κ3) is 4.78. The molecule has 0 radical (unpaired) electrons. The van der Waals surface area contributed by atoms with Crippen LogP contribution in [0.15, 0.2) is 0 Å². The summed E-state index contributed by atoms with van der Waals surface area (Å²) in [6.07, 6.45) is -6.05.